The van der Waals surface area contributed by atoms with Crippen LogP contribution in [0.3, 0.4) is 0 Å². The first-order valence-corrected chi connectivity index (χ1v) is 7.49. The average molecular weight is 337 g/mol. The van der Waals surface area contributed by atoms with Crippen LogP contribution < -0.4 is 10.5 Å². The van der Waals surface area contributed by atoms with E-state index >= 15 is 0 Å². The first-order valence-electron chi connectivity index (χ1n) is 7.49. The van der Waals surface area contributed by atoms with E-state index in [0.717, 1.165) is 23.1 Å². The number of hydrogen-bond donors (Lipinski definition) is 1. The van der Waals surface area contributed by atoms with E-state index < -0.39 is 6.36 Å². The minimum absolute atomic E-state index is 0.175. The third-order valence-corrected chi connectivity index (χ3v) is 3.73. The van der Waals surface area contributed by atoms with Crippen LogP contribution in [0.5, 0.6) is 5.75 Å². The van der Waals surface area contributed by atoms with Gasteiger partial charge in [0.1, 0.15) is 5.75 Å². The summed E-state index contributed by atoms with van der Waals surface area (Å²) in [4.78, 5) is 11.0. The number of amides is 1. The number of ether oxygens (including phenoxy) is 1. The molecule has 0 saturated carbocycles. The van der Waals surface area contributed by atoms with Crippen molar-refractivity contribution < 1.29 is 22.7 Å². The minimum Gasteiger partial charge on any atom is -0.406 e. The number of hydrogen-bond acceptors (Lipinski definition) is 2. The molecule has 0 heterocycles. The molecule has 2 aromatic carbocycles. The molecule has 3 nitrogen and oxygen atoms in total. The zero-order valence-electron chi connectivity index (χ0n) is 13.1. The molecular formula is C18H18F3NO2. The number of carbonyl (C=O) groups is 1. The molecule has 24 heavy (non-hydrogen) atoms. The van der Waals surface area contributed by atoms with Gasteiger partial charge in [-0.15, -0.1) is 13.2 Å². The Bertz CT molecular complexity index is 679. The molecule has 0 radical (unpaired) electrons. The Morgan fingerprint density at radius 2 is 1.54 bits per heavy atom. The Balaban J connectivity index is 2.01. The summed E-state index contributed by atoms with van der Waals surface area (Å²) in [5.41, 5.74) is 7.99. The van der Waals surface area contributed by atoms with Crippen LogP contribution in [0.15, 0.2) is 48.5 Å². The van der Waals surface area contributed by atoms with Gasteiger partial charge in [0.25, 0.3) is 0 Å². The van der Waals surface area contributed by atoms with Gasteiger partial charge in [-0.05, 0) is 41.7 Å². The van der Waals surface area contributed by atoms with Crippen LogP contribution in [0.1, 0.15) is 18.9 Å². The second kappa shape index (κ2) is 7.38. The molecule has 6 heteroatoms. The molecule has 0 saturated heterocycles. The summed E-state index contributed by atoms with van der Waals surface area (Å²) >= 11 is 0. The van der Waals surface area contributed by atoms with Crippen molar-refractivity contribution in [2.75, 3.05) is 0 Å². The number of nitrogens with two attached hydrogens (primary N) is 1. The minimum atomic E-state index is -4.69. The Kier molecular flexibility index (Phi) is 5.49. The zero-order valence-corrected chi connectivity index (χ0v) is 13.1. The Morgan fingerprint density at radius 3 is 2.00 bits per heavy atom. The maximum absolute atomic E-state index is 12.1. The van der Waals surface area contributed by atoms with Gasteiger partial charge >= 0.3 is 6.36 Å². The van der Waals surface area contributed by atoms with E-state index in [1.807, 2.05) is 24.3 Å². The monoisotopic (exact) mass is 337 g/mol. The summed E-state index contributed by atoms with van der Waals surface area (Å²) in [5.74, 6) is -0.734. The number of primary amides is 1. The van der Waals surface area contributed by atoms with Crippen LogP contribution in [0.4, 0.5) is 13.2 Å². The first kappa shape index (κ1) is 17.8. The van der Waals surface area contributed by atoms with Crippen LogP contribution in [-0.2, 0) is 11.2 Å². The second-order valence-corrected chi connectivity index (χ2v) is 5.61. The van der Waals surface area contributed by atoms with Gasteiger partial charge in [-0.3, -0.25) is 4.79 Å². The number of alkyl halides is 3. The number of benzene rings is 2. The molecule has 0 aliphatic heterocycles. The molecular weight excluding hydrogens is 319 g/mol. The van der Waals surface area contributed by atoms with Crippen molar-refractivity contribution in [1.82, 2.24) is 0 Å². The second-order valence-electron chi connectivity index (χ2n) is 5.61. The lowest BCUT2D eigenvalue weighted by Gasteiger charge is -2.10. The zero-order chi connectivity index (χ0) is 17.7. The van der Waals surface area contributed by atoms with Gasteiger partial charge < -0.3 is 10.5 Å². The van der Waals surface area contributed by atoms with E-state index in [1.165, 1.54) is 12.1 Å². The molecule has 2 rings (SSSR count). The smallest absolute Gasteiger partial charge is 0.406 e. The van der Waals surface area contributed by atoms with E-state index in [1.54, 1.807) is 19.1 Å². The fourth-order valence-corrected chi connectivity index (χ4v) is 2.24. The molecule has 0 unspecified atom stereocenters. The fourth-order valence-electron chi connectivity index (χ4n) is 2.24. The largest absolute Gasteiger partial charge is 0.573 e. The van der Waals surface area contributed by atoms with Crippen LogP contribution in [0.25, 0.3) is 11.1 Å². The Morgan fingerprint density at radius 1 is 1.04 bits per heavy atom. The summed E-state index contributed by atoms with van der Waals surface area (Å²) < 4.78 is 40.3. The van der Waals surface area contributed by atoms with E-state index in [2.05, 4.69) is 4.74 Å². The van der Waals surface area contributed by atoms with Crippen LogP contribution in [-0.4, -0.2) is 12.3 Å². The predicted molar refractivity (Wildman–Crippen MR) is 85.2 cm³/mol. The van der Waals surface area contributed by atoms with Gasteiger partial charge in [0, 0.05) is 5.92 Å². The van der Waals surface area contributed by atoms with E-state index in [9.17, 15) is 18.0 Å². The summed E-state index contributed by atoms with van der Waals surface area (Å²) in [6, 6.07) is 13.4. The van der Waals surface area contributed by atoms with E-state index in [-0.39, 0.29) is 17.6 Å². The maximum atomic E-state index is 12.1. The van der Waals surface area contributed by atoms with Crippen molar-refractivity contribution in [2.45, 2.75) is 26.1 Å². The van der Waals surface area contributed by atoms with Crippen molar-refractivity contribution in [3.63, 3.8) is 0 Å². The van der Waals surface area contributed by atoms with Gasteiger partial charge in [-0.1, -0.05) is 43.3 Å². The highest BCUT2D eigenvalue weighted by atomic mass is 19.4. The lowest BCUT2D eigenvalue weighted by molar-refractivity contribution is -0.274. The summed E-state index contributed by atoms with van der Waals surface area (Å²) in [6.45, 7) is 1.79. The van der Waals surface area contributed by atoms with Crippen molar-refractivity contribution in [3.05, 3.63) is 54.1 Å². The number of halogens is 3. The highest BCUT2D eigenvalue weighted by Crippen LogP contribution is 2.26. The first-order chi connectivity index (χ1) is 11.2. The molecule has 1 atom stereocenters. The molecule has 0 fully saturated rings. The molecule has 1 amide bonds. The van der Waals surface area contributed by atoms with E-state index in [4.69, 9.17) is 5.73 Å². The fraction of sp³-hybridized carbons (Fsp3) is 0.278. The highest BCUT2D eigenvalue weighted by molar-refractivity contribution is 5.76. The quantitative estimate of drug-likeness (QED) is 0.854. The third kappa shape index (κ3) is 5.30. The normalized spacial score (nSPS) is 12.7. The van der Waals surface area contributed by atoms with Crippen molar-refractivity contribution in [2.24, 2.45) is 11.7 Å². The van der Waals surface area contributed by atoms with Crippen LogP contribution in [0.2, 0.25) is 0 Å². The molecule has 0 aromatic heterocycles. The maximum Gasteiger partial charge on any atom is 0.573 e. The lowest BCUT2D eigenvalue weighted by Crippen LogP contribution is -2.20. The van der Waals surface area contributed by atoms with E-state index in [0.29, 0.717) is 6.42 Å². The van der Waals surface area contributed by atoms with Crippen LogP contribution in [0, 0.1) is 5.92 Å². The number of rotatable bonds is 6. The third-order valence-electron chi connectivity index (χ3n) is 3.73. The number of aryl methyl sites for hydroxylation is 1. The van der Waals surface area contributed by atoms with Gasteiger partial charge in [0.05, 0.1) is 0 Å². The van der Waals surface area contributed by atoms with Gasteiger partial charge in [-0.25, -0.2) is 0 Å². The Hall–Kier alpha value is -2.50. The standard InChI is InChI=1S/C18H18F3NO2/c1-12(17(22)23)2-3-13-4-6-14(7-5-13)15-8-10-16(11-9-15)24-18(19,20)21/h4-12H,2-3H2,1H3,(H2,22,23)/t12-/m1/s1. The average Bonchev–Trinajstić information content (AvgIpc) is 2.52. The summed E-state index contributed by atoms with van der Waals surface area (Å²) in [5, 5.41) is 0. The molecule has 0 bridgehead atoms. The van der Waals surface area contributed by atoms with Gasteiger partial charge in [0.15, 0.2) is 0 Å². The predicted octanol–water partition coefficient (Wildman–Crippen LogP) is 4.31. The molecule has 0 aliphatic carbocycles. The van der Waals surface area contributed by atoms with Crippen LogP contribution >= 0.6 is 0 Å². The van der Waals surface area contributed by atoms with Gasteiger partial charge in [-0.2, -0.15) is 0 Å². The molecule has 128 valence electrons. The van der Waals surface area contributed by atoms with Crippen molar-refractivity contribution in [1.29, 1.82) is 0 Å². The topological polar surface area (TPSA) is 52.3 Å². The summed E-state index contributed by atoms with van der Waals surface area (Å²) in [6.07, 6.45) is -3.27. The van der Waals surface area contributed by atoms with Gasteiger partial charge in [0.2, 0.25) is 5.91 Å². The van der Waals surface area contributed by atoms with Crippen molar-refractivity contribution in [3.8, 4) is 16.9 Å². The molecule has 0 aliphatic rings. The lowest BCUT2D eigenvalue weighted by atomic mass is 9.98. The summed E-state index contributed by atoms with van der Waals surface area (Å²) in [7, 11) is 0. The Labute approximate surface area is 138 Å². The highest BCUT2D eigenvalue weighted by Gasteiger charge is 2.30. The molecule has 2 aromatic rings. The van der Waals surface area contributed by atoms with Crippen molar-refractivity contribution >= 4 is 5.91 Å². The molecule has 2 N–H and O–H groups in total. The number of carbonyl (C=O) groups excluding carboxylic acids is 1. The SMILES string of the molecule is C[C@H](CCc1ccc(-c2ccc(OC(F)(F)F)cc2)cc1)C(N)=O. The molecule has 0 spiro atoms.